The van der Waals surface area contributed by atoms with E-state index < -0.39 is 78.1 Å². The highest BCUT2D eigenvalue weighted by atomic mass is 16.6. The van der Waals surface area contributed by atoms with Crippen LogP contribution in [0.3, 0.4) is 0 Å². The summed E-state index contributed by atoms with van der Waals surface area (Å²) < 4.78 is 17.8. The molecule has 1 aromatic heterocycles. The summed E-state index contributed by atoms with van der Waals surface area (Å²) >= 11 is 0. The van der Waals surface area contributed by atoms with Gasteiger partial charge in [0.1, 0.15) is 36.6 Å². The van der Waals surface area contributed by atoms with Crippen LogP contribution in [0.15, 0.2) is 33.5 Å². The Morgan fingerprint density at radius 1 is 1.20 bits per heavy atom. The Balaban J connectivity index is 1.51. The van der Waals surface area contributed by atoms with Gasteiger partial charge in [-0.15, -0.1) is 0 Å². The van der Waals surface area contributed by atoms with Crippen LogP contribution in [0, 0.1) is 0 Å². The number of nitrogens with zero attached hydrogens (tertiary/aromatic N) is 1. The van der Waals surface area contributed by atoms with Gasteiger partial charge in [-0.2, -0.15) is 0 Å². The van der Waals surface area contributed by atoms with Crippen LogP contribution in [-0.2, 0) is 28.6 Å². The van der Waals surface area contributed by atoms with Gasteiger partial charge in [0.25, 0.3) is 5.56 Å². The molecule has 226 valence electrons. The molecule has 16 nitrogen and oxygen atoms in total. The second-order valence-electron chi connectivity index (χ2n) is 10.4. The number of aliphatic hydroxyl groups is 3. The van der Waals surface area contributed by atoms with Crippen molar-refractivity contribution in [3.8, 4) is 0 Å². The standard InChI is InChI=1S/C25H35N5O11/c1-10-4-3-5-12(23(37)27-10)28-22(36)11-8-13(31)16(33)14(9-11)40-20(21(26)35)19-18(39-2)17(34)24(41-19)30-7-6-15(32)29-25(30)38/h6-8,10,12-14,16-20,24,31,33-34H,3-5,9H2,1-2H3,(H2,26,35)(H,27,37)(H,28,36)(H,29,32,38). The quantitative estimate of drug-likeness (QED) is 0.157. The number of primary amides is 1. The Kier molecular flexibility index (Phi) is 9.41. The fourth-order valence-electron chi connectivity index (χ4n) is 5.34. The van der Waals surface area contributed by atoms with Crippen molar-refractivity contribution >= 4 is 17.7 Å². The zero-order chi connectivity index (χ0) is 30.0. The van der Waals surface area contributed by atoms with Crippen molar-refractivity contribution in [2.45, 2.75) is 93.6 Å². The number of ether oxygens (including phenoxy) is 3. The molecule has 8 N–H and O–H groups in total. The van der Waals surface area contributed by atoms with E-state index in [-0.39, 0.29) is 23.9 Å². The molecule has 0 spiro atoms. The molecule has 10 atom stereocenters. The van der Waals surface area contributed by atoms with E-state index in [1.807, 2.05) is 11.9 Å². The summed E-state index contributed by atoms with van der Waals surface area (Å²) in [4.78, 5) is 63.8. The molecule has 0 saturated carbocycles. The van der Waals surface area contributed by atoms with Crippen LogP contribution in [0.25, 0.3) is 0 Å². The van der Waals surface area contributed by atoms with Gasteiger partial charge < -0.3 is 45.9 Å². The van der Waals surface area contributed by atoms with Gasteiger partial charge in [0.05, 0.1) is 6.10 Å². The molecule has 0 aromatic carbocycles. The SMILES string of the molecule is COC1C(O)C(n2ccc(=O)[nH]c2=O)OC1C(OC1CC(C(=O)NC2CCCC(C)NC2=O)=CC(O)C1O)C(N)=O. The summed E-state index contributed by atoms with van der Waals surface area (Å²) in [6, 6.07) is 0.208. The number of carbonyl (C=O) groups excluding carboxylic acids is 3. The number of hydrogen-bond donors (Lipinski definition) is 7. The van der Waals surface area contributed by atoms with Crippen molar-refractivity contribution in [3.05, 3.63) is 44.8 Å². The Labute approximate surface area is 233 Å². The first-order valence-corrected chi connectivity index (χ1v) is 13.2. The van der Waals surface area contributed by atoms with Crippen molar-refractivity contribution in [2.75, 3.05) is 7.11 Å². The Bertz CT molecular complexity index is 1290. The van der Waals surface area contributed by atoms with E-state index in [4.69, 9.17) is 19.9 Å². The first kappa shape index (κ1) is 30.5. The molecule has 2 saturated heterocycles. The maximum absolute atomic E-state index is 13.0. The molecule has 3 heterocycles. The molecule has 2 fully saturated rings. The molecular formula is C25H35N5O11. The molecular weight excluding hydrogens is 546 g/mol. The van der Waals surface area contributed by atoms with Crippen LogP contribution in [0.2, 0.25) is 0 Å². The number of aromatic amines is 1. The minimum atomic E-state index is -1.68. The monoisotopic (exact) mass is 581 g/mol. The summed E-state index contributed by atoms with van der Waals surface area (Å²) in [5, 5.41) is 37.4. The third kappa shape index (κ3) is 6.58. The number of amides is 3. The Morgan fingerprint density at radius 3 is 2.59 bits per heavy atom. The van der Waals surface area contributed by atoms with Crippen molar-refractivity contribution in [1.29, 1.82) is 0 Å². The van der Waals surface area contributed by atoms with Gasteiger partial charge in [-0.05, 0) is 32.3 Å². The lowest BCUT2D eigenvalue weighted by Gasteiger charge is -2.35. The van der Waals surface area contributed by atoms with E-state index in [1.165, 1.54) is 7.11 Å². The Morgan fingerprint density at radius 2 is 1.93 bits per heavy atom. The van der Waals surface area contributed by atoms with E-state index in [0.29, 0.717) is 12.8 Å². The van der Waals surface area contributed by atoms with Gasteiger partial charge in [0.15, 0.2) is 12.3 Å². The molecule has 1 aliphatic carbocycles. The van der Waals surface area contributed by atoms with Crippen LogP contribution in [0.5, 0.6) is 0 Å². The number of hydrogen-bond acceptors (Lipinski definition) is 11. The molecule has 1 aromatic rings. The van der Waals surface area contributed by atoms with Gasteiger partial charge >= 0.3 is 5.69 Å². The third-order valence-electron chi connectivity index (χ3n) is 7.50. The summed E-state index contributed by atoms with van der Waals surface area (Å²) in [6.45, 7) is 1.86. The average Bonchev–Trinajstić information content (AvgIpc) is 3.14. The minimum absolute atomic E-state index is 0.00875. The highest BCUT2D eigenvalue weighted by molar-refractivity contribution is 5.97. The number of H-pyrrole nitrogens is 1. The van der Waals surface area contributed by atoms with Gasteiger partial charge in [0, 0.05) is 37.4 Å². The van der Waals surface area contributed by atoms with Gasteiger partial charge in [0.2, 0.25) is 17.7 Å². The highest BCUT2D eigenvalue weighted by Crippen LogP contribution is 2.34. The maximum atomic E-state index is 13.0. The molecule has 16 heteroatoms. The maximum Gasteiger partial charge on any atom is 0.330 e. The lowest BCUT2D eigenvalue weighted by molar-refractivity contribution is -0.175. The molecule has 2 aliphatic heterocycles. The van der Waals surface area contributed by atoms with Crippen LogP contribution < -0.4 is 27.6 Å². The number of nitrogens with one attached hydrogen (secondary N) is 3. The van der Waals surface area contributed by atoms with E-state index >= 15 is 0 Å². The summed E-state index contributed by atoms with van der Waals surface area (Å²) in [5.41, 5.74) is 4.03. The topological polar surface area (TPSA) is 245 Å². The van der Waals surface area contributed by atoms with Gasteiger partial charge in [-0.3, -0.25) is 28.7 Å². The highest BCUT2D eigenvalue weighted by Gasteiger charge is 2.52. The van der Waals surface area contributed by atoms with Crippen LogP contribution >= 0.6 is 0 Å². The number of methoxy groups -OCH3 is 1. The first-order chi connectivity index (χ1) is 19.4. The number of nitrogens with two attached hydrogens (primary N) is 1. The van der Waals surface area contributed by atoms with Crippen LogP contribution in [0.4, 0.5) is 0 Å². The minimum Gasteiger partial charge on any atom is -0.387 e. The molecule has 10 unspecified atom stereocenters. The predicted molar refractivity (Wildman–Crippen MR) is 138 cm³/mol. The number of carbonyl (C=O) groups is 3. The normalized spacial score (nSPS) is 34.7. The summed E-state index contributed by atoms with van der Waals surface area (Å²) in [5.74, 6) is -2.07. The van der Waals surface area contributed by atoms with Crippen molar-refractivity contribution in [2.24, 2.45) is 5.73 Å². The zero-order valence-electron chi connectivity index (χ0n) is 22.5. The molecule has 0 radical (unpaired) electrons. The zero-order valence-corrected chi connectivity index (χ0v) is 22.5. The number of aromatic nitrogens is 2. The van der Waals surface area contributed by atoms with Gasteiger partial charge in [-0.1, -0.05) is 0 Å². The second-order valence-corrected chi connectivity index (χ2v) is 10.4. The van der Waals surface area contributed by atoms with Crippen molar-refractivity contribution in [1.82, 2.24) is 20.2 Å². The van der Waals surface area contributed by atoms with E-state index in [0.717, 1.165) is 29.3 Å². The lowest BCUT2D eigenvalue weighted by atomic mass is 9.90. The van der Waals surface area contributed by atoms with E-state index in [2.05, 4.69) is 10.6 Å². The molecule has 4 rings (SSSR count). The van der Waals surface area contributed by atoms with Crippen LogP contribution in [0.1, 0.15) is 38.8 Å². The Hall–Kier alpha value is -3.41. The average molecular weight is 582 g/mol. The number of aliphatic hydroxyl groups excluding tert-OH is 3. The lowest BCUT2D eigenvalue weighted by Crippen LogP contribution is -2.53. The molecule has 3 aliphatic rings. The van der Waals surface area contributed by atoms with Crippen LogP contribution in [-0.4, -0.2) is 105 Å². The van der Waals surface area contributed by atoms with E-state index in [1.54, 1.807) is 0 Å². The largest absolute Gasteiger partial charge is 0.387 e. The molecule has 0 bridgehead atoms. The van der Waals surface area contributed by atoms with Gasteiger partial charge in [-0.25, -0.2) is 4.79 Å². The van der Waals surface area contributed by atoms with Crippen molar-refractivity contribution < 1.29 is 43.9 Å². The predicted octanol–water partition coefficient (Wildman–Crippen LogP) is -3.73. The number of rotatable bonds is 8. The third-order valence-corrected chi connectivity index (χ3v) is 7.50. The molecule has 41 heavy (non-hydrogen) atoms. The fraction of sp³-hybridized carbons (Fsp3) is 0.640. The fourth-order valence-corrected chi connectivity index (χ4v) is 5.34. The van der Waals surface area contributed by atoms with E-state index in [9.17, 15) is 39.3 Å². The molecule has 3 amide bonds. The summed E-state index contributed by atoms with van der Waals surface area (Å²) in [7, 11) is 1.22. The summed E-state index contributed by atoms with van der Waals surface area (Å²) in [6.07, 6.45) is -7.90. The smallest absolute Gasteiger partial charge is 0.330 e. The second kappa shape index (κ2) is 12.6. The van der Waals surface area contributed by atoms with Crippen molar-refractivity contribution in [3.63, 3.8) is 0 Å². The first-order valence-electron chi connectivity index (χ1n) is 13.2.